The van der Waals surface area contributed by atoms with Gasteiger partial charge in [-0.3, -0.25) is 14.8 Å². The smallest absolute Gasteiger partial charge is 0.231 e. The number of nitrogens with zero attached hydrogens (tertiary/aromatic N) is 2. The van der Waals surface area contributed by atoms with Crippen molar-refractivity contribution < 1.29 is 4.79 Å². The molecule has 18 heavy (non-hydrogen) atoms. The van der Waals surface area contributed by atoms with Crippen molar-refractivity contribution in [1.82, 2.24) is 9.97 Å². The minimum atomic E-state index is -0.687. The minimum absolute atomic E-state index is 0.365. The van der Waals surface area contributed by atoms with Gasteiger partial charge in [0, 0.05) is 18.6 Å². The Morgan fingerprint density at radius 2 is 2.00 bits per heavy atom. The third-order valence-corrected chi connectivity index (χ3v) is 3.18. The third-order valence-electron chi connectivity index (χ3n) is 2.44. The van der Waals surface area contributed by atoms with Gasteiger partial charge in [0.05, 0.1) is 15.7 Å². The van der Waals surface area contributed by atoms with Crippen LogP contribution in [-0.2, 0) is 4.79 Å². The molecule has 6 heteroatoms. The van der Waals surface area contributed by atoms with Crippen LogP contribution in [0.2, 0.25) is 10.0 Å². The summed E-state index contributed by atoms with van der Waals surface area (Å²) in [6, 6.07) is 4.91. The maximum Gasteiger partial charge on any atom is 0.231 e. The molecule has 2 rings (SSSR count). The van der Waals surface area contributed by atoms with Gasteiger partial charge >= 0.3 is 0 Å². The number of hydrogen-bond donors (Lipinski definition) is 1. The summed E-state index contributed by atoms with van der Waals surface area (Å²) in [6.07, 6.45) is 4.52. The minimum Gasteiger partial charge on any atom is -0.369 e. The second kappa shape index (κ2) is 5.33. The molecule has 1 aromatic heterocycles. The van der Waals surface area contributed by atoms with Crippen LogP contribution in [0.15, 0.2) is 36.8 Å². The van der Waals surface area contributed by atoms with E-state index in [2.05, 4.69) is 9.97 Å². The summed E-state index contributed by atoms with van der Waals surface area (Å²) in [4.78, 5) is 19.6. The molecule has 0 aliphatic heterocycles. The molecular formula is C12H9Cl2N3O. The molecule has 1 aromatic carbocycles. The Morgan fingerprint density at radius 1 is 1.22 bits per heavy atom. The lowest BCUT2D eigenvalue weighted by molar-refractivity contribution is -0.118. The number of carbonyl (C=O) groups excluding carboxylic acids is 1. The Labute approximate surface area is 114 Å². The fourth-order valence-corrected chi connectivity index (χ4v) is 1.94. The van der Waals surface area contributed by atoms with Crippen LogP contribution in [0.25, 0.3) is 0 Å². The van der Waals surface area contributed by atoms with Crippen molar-refractivity contribution in [2.75, 3.05) is 0 Å². The number of carbonyl (C=O) groups is 1. The summed E-state index contributed by atoms with van der Waals surface area (Å²) in [7, 11) is 0. The zero-order chi connectivity index (χ0) is 13.1. The first-order valence-corrected chi connectivity index (χ1v) is 5.85. The van der Waals surface area contributed by atoms with Gasteiger partial charge in [-0.25, -0.2) is 0 Å². The van der Waals surface area contributed by atoms with E-state index >= 15 is 0 Å². The molecule has 0 fully saturated rings. The predicted molar refractivity (Wildman–Crippen MR) is 69.5 cm³/mol. The number of aromatic nitrogens is 2. The molecule has 2 aromatic rings. The van der Waals surface area contributed by atoms with E-state index in [0.717, 1.165) is 0 Å². The van der Waals surface area contributed by atoms with Crippen molar-refractivity contribution in [1.29, 1.82) is 0 Å². The maximum atomic E-state index is 11.6. The molecule has 0 aliphatic rings. The first-order chi connectivity index (χ1) is 8.59. The van der Waals surface area contributed by atoms with E-state index in [-0.39, 0.29) is 0 Å². The fraction of sp³-hybridized carbons (Fsp3) is 0.0833. The second-order valence-corrected chi connectivity index (χ2v) is 4.45. The number of primary amides is 1. The van der Waals surface area contributed by atoms with Crippen molar-refractivity contribution in [3.05, 3.63) is 58.1 Å². The summed E-state index contributed by atoms with van der Waals surface area (Å²) in [6.45, 7) is 0. The summed E-state index contributed by atoms with van der Waals surface area (Å²) in [5.74, 6) is -1.21. The van der Waals surface area contributed by atoms with Crippen molar-refractivity contribution in [3.8, 4) is 0 Å². The van der Waals surface area contributed by atoms with E-state index in [0.29, 0.717) is 21.3 Å². The molecule has 0 saturated carbocycles. The summed E-state index contributed by atoms with van der Waals surface area (Å²) < 4.78 is 0. The van der Waals surface area contributed by atoms with Gasteiger partial charge in [0.15, 0.2) is 0 Å². The highest BCUT2D eigenvalue weighted by molar-refractivity contribution is 6.42. The number of amides is 1. The molecule has 0 spiro atoms. The van der Waals surface area contributed by atoms with Crippen molar-refractivity contribution in [2.24, 2.45) is 5.73 Å². The second-order valence-electron chi connectivity index (χ2n) is 3.64. The van der Waals surface area contributed by atoms with Gasteiger partial charge in [0.25, 0.3) is 0 Å². The van der Waals surface area contributed by atoms with Crippen LogP contribution < -0.4 is 5.73 Å². The van der Waals surface area contributed by atoms with Gasteiger partial charge in [-0.2, -0.15) is 0 Å². The number of benzene rings is 1. The zero-order valence-electron chi connectivity index (χ0n) is 9.18. The van der Waals surface area contributed by atoms with E-state index in [1.54, 1.807) is 18.2 Å². The van der Waals surface area contributed by atoms with Gasteiger partial charge in [-0.1, -0.05) is 29.3 Å². The molecule has 0 aliphatic carbocycles. The summed E-state index contributed by atoms with van der Waals surface area (Å²) >= 11 is 11.8. The van der Waals surface area contributed by atoms with E-state index in [9.17, 15) is 4.79 Å². The Balaban J connectivity index is 2.49. The predicted octanol–water partition coefficient (Wildman–Crippen LogP) is 2.40. The lowest BCUT2D eigenvalue weighted by atomic mass is 9.95. The molecule has 0 radical (unpaired) electrons. The normalized spacial score (nSPS) is 12.1. The Kier molecular flexibility index (Phi) is 3.79. The summed E-state index contributed by atoms with van der Waals surface area (Å²) in [5.41, 5.74) is 6.52. The average Bonchev–Trinajstić information content (AvgIpc) is 2.35. The molecule has 0 bridgehead atoms. The Hall–Kier alpha value is -1.65. The van der Waals surface area contributed by atoms with Gasteiger partial charge < -0.3 is 5.73 Å². The van der Waals surface area contributed by atoms with Gasteiger partial charge in [-0.05, 0) is 17.7 Å². The fourth-order valence-electron chi connectivity index (χ4n) is 1.63. The summed E-state index contributed by atoms with van der Waals surface area (Å²) in [5, 5.41) is 0.784. The Bertz CT molecular complexity index is 575. The number of halogens is 2. The molecule has 0 saturated heterocycles. The molecule has 1 unspecified atom stereocenters. The highest BCUT2D eigenvalue weighted by atomic mass is 35.5. The number of nitrogens with two attached hydrogens (primary N) is 1. The quantitative estimate of drug-likeness (QED) is 0.939. The van der Waals surface area contributed by atoms with E-state index < -0.39 is 11.8 Å². The van der Waals surface area contributed by atoms with Crippen molar-refractivity contribution in [2.45, 2.75) is 5.92 Å². The van der Waals surface area contributed by atoms with Crippen LogP contribution in [0.3, 0.4) is 0 Å². The Morgan fingerprint density at radius 3 is 2.56 bits per heavy atom. The van der Waals surface area contributed by atoms with Crippen molar-refractivity contribution >= 4 is 29.1 Å². The van der Waals surface area contributed by atoms with Crippen LogP contribution in [0.4, 0.5) is 0 Å². The first-order valence-electron chi connectivity index (χ1n) is 5.10. The molecular weight excluding hydrogens is 273 g/mol. The van der Waals surface area contributed by atoms with Crippen LogP contribution in [-0.4, -0.2) is 15.9 Å². The van der Waals surface area contributed by atoms with Crippen LogP contribution >= 0.6 is 23.2 Å². The van der Waals surface area contributed by atoms with E-state index in [4.69, 9.17) is 28.9 Å². The SMILES string of the molecule is NC(=O)C(c1ccc(Cl)c(Cl)c1)c1cnccn1. The molecule has 1 amide bonds. The molecule has 4 nitrogen and oxygen atoms in total. The highest BCUT2D eigenvalue weighted by Gasteiger charge is 2.22. The zero-order valence-corrected chi connectivity index (χ0v) is 10.7. The van der Waals surface area contributed by atoms with Crippen LogP contribution in [0.5, 0.6) is 0 Å². The first kappa shape index (κ1) is 12.8. The monoisotopic (exact) mass is 281 g/mol. The largest absolute Gasteiger partial charge is 0.369 e. The van der Waals surface area contributed by atoms with Crippen LogP contribution in [0.1, 0.15) is 17.2 Å². The molecule has 1 heterocycles. The number of hydrogen-bond acceptors (Lipinski definition) is 3. The van der Waals surface area contributed by atoms with Crippen LogP contribution in [0, 0.1) is 0 Å². The molecule has 92 valence electrons. The average molecular weight is 282 g/mol. The molecule has 1 atom stereocenters. The lowest BCUT2D eigenvalue weighted by Gasteiger charge is -2.13. The van der Waals surface area contributed by atoms with E-state index in [1.165, 1.54) is 18.6 Å². The van der Waals surface area contributed by atoms with Gasteiger partial charge in [0.1, 0.15) is 5.92 Å². The third kappa shape index (κ3) is 2.60. The van der Waals surface area contributed by atoms with Crippen molar-refractivity contribution in [3.63, 3.8) is 0 Å². The topological polar surface area (TPSA) is 68.9 Å². The maximum absolute atomic E-state index is 11.6. The van der Waals surface area contributed by atoms with Gasteiger partial charge in [0.2, 0.25) is 5.91 Å². The highest BCUT2D eigenvalue weighted by Crippen LogP contribution is 2.29. The standard InChI is InChI=1S/C12H9Cl2N3O/c13-8-2-1-7(5-9(8)14)11(12(15)18)10-6-16-3-4-17-10/h1-6,11H,(H2,15,18). The lowest BCUT2D eigenvalue weighted by Crippen LogP contribution is -2.23. The number of rotatable bonds is 3. The molecule has 2 N–H and O–H groups in total. The van der Waals surface area contributed by atoms with E-state index in [1.807, 2.05) is 0 Å². The van der Waals surface area contributed by atoms with Gasteiger partial charge in [-0.15, -0.1) is 0 Å².